The van der Waals surface area contributed by atoms with Crippen LogP contribution >= 0.6 is 27.7 Å². The van der Waals surface area contributed by atoms with Crippen molar-refractivity contribution < 1.29 is 29.0 Å². The third-order valence-electron chi connectivity index (χ3n) is 5.26. The second kappa shape index (κ2) is 9.80. The molecule has 2 aromatic rings. The minimum Gasteiger partial charge on any atom is -0.481 e. The van der Waals surface area contributed by atoms with Crippen LogP contribution in [0.15, 0.2) is 51.8 Å². The largest absolute Gasteiger partial charge is 0.481 e. The van der Waals surface area contributed by atoms with Gasteiger partial charge in [-0.3, -0.25) is 19.3 Å². The Labute approximate surface area is 202 Å². The maximum atomic E-state index is 12.8. The fraction of sp³-hybridized carbons (Fsp3) is 0.217. The number of carbonyl (C=O) groups excluding carboxylic acids is 3. The summed E-state index contributed by atoms with van der Waals surface area (Å²) in [6, 6.07) is 12.8. The minimum atomic E-state index is -1.09. The molecule has 0 aliphatic carbocycles. The number of thioether (sulfide) groups is 1. The van der Waals surface area contributed by atoms with E-state index in [-0.39, 0.29) is 17.4 Å². The van der Waals surface area contributed by atoms with Gasteiger partial charge in [-0.1, -0.05) is 30.3 Å². The number of fused-ring (bicyclic) bond motifs is 1. The van der Waals surface area contributed by atoms with Crippen LogP contribution in [0.1, 0.15) is 16.7 Å². The number of carbonyl (C=O) groups is 4. The highest BCUT2D eigenvalue weighted by Gasteiger charge is 2.37. The van der Waals surface area contributed by atoms with E-state index in [0.717, 1.165) is 28.6 Å². The zero-order valence-electron chi connectivity index (χ0n) is 17.3. The van der Waals surface area contributed by atoms with Crippen molar-refractivity contribution in [2.24, 2.45) is 0 Å². The third-order valence-corrected chi connectivity index (χ3v) is 6.78. The second-order valence-electron chi connectivity index (χ2n) is 7.47. The molecule has 0 spiro atoms. The fourth-order valence-corrected chi connectivity index (χ4v) is 4.94. The van der Waals surface area contributed by atoms with E-state index in [9.17, 15) is 19.2 Å². The number of carboxylic acid groups (broad SMARTS) is 1. The second-order valence-corrected chi connectivity index (χ2v) is 9.32. The number of carboxylic acids is 1. The molecule has 2 aliphatic rings. The van der Waals surface area contributed by atoms with Crippen molar-refractivity contribution in [3.8, 4) is 5.75 Å². The van der Waals surface area contributed by atoms with Crippen LogP contribution in [0.5, 0.6) is 5.75 Å². The Morgan fingerprint density at radius 2 is 1.91 bits per heavy atom. The molecule has 0 aromatic heterocycles. The first-order valence-electron chi connectivity index (χ1n) is 10.1. The van der Waals surface area contributed by atoms with Crippen molar-refractivity contribution in [2.45, 2.75) is 13.0 Å². The van der Waals surface area contributed by atoms with Crippen molar-refractivity contribution in [2.75, 3.05) is 19.7 Å². The van der Waals surface area contributed by atoms with Crippen LogP contribution < -0.4 is 4.74 Å². The highest BCUT2D eigenvalue weighted by atomic mass is 79.9. The van der Waals surface area contributed by atoms with E-state index in [1.807, 2.05) is 24.3 Å². The van der Waals surface area contributed by atoms with Gasteiger partial charge in [-0.15, -0.1) is 0 Å². The van der Waals surface area contributed by atoms with Gasteiger partial charge in [0.25, 0.3) is 11.1 Å². The molecule has 0 unspecified atom stereocenters. The Kier molecular flexibility index (Phi) is 6.85. The van der Waals surface area contributed by atoms with Gasteiger partial charge in [-0.2, -0.15) is 0 Å². The molecule has 1 N–H and O–H groups in total. The number of benzene rings is 2. The van der Waals surface area contributed by atoms with Crippen LogP contribution in [0.2, 0.25) is 0 Å². The number of rotatable bonds is 6. The van der Waals surface area contributed by atoms with E-state index in [1.54, 1.807) is 29.2 Å². The summed E-state index contributed by atoms with van der Waals surface area (Å²) in [6.45, 7) is 0.237. The van der Waals surface area contributed by atoms with Crippen LogP contribution in [0.4, 0.5) is 4.79 Å². The zero-order valence-corrected chi connectivity index (χ0v) is 19.7. The molecule has 0 radical (unpaired) electrons. The van der Waals surface area contributed by atoms with Gasteiger partial charge in [-0.25, -0.2) is 4.79 Å². The number of imide groups is 1. The van der Waals surface area contributed by atoms with Crippen molar-refractivity contribution in [1.29, 1.82) is 0 Å². The van der Waals surface area contributed by atoms with E-state index in [0.29, 0.717) is 28.9 Å². The Balaban J connectivity index is 1.42. The van der Waals surface area contributed by atoms with Crippen LogP contribution in [-0.4, -0.2) is 57.6 Å². The number of amides is 3. The number of hydrogen-bond donors (Lipinski definition) is 1. The van der Waals surface area contributed by atoms with E-state index in [1.165, 1.54) is 5.56 Å². The number of ether oxygens (including phenoxy) is 1. The number of aliphatic carboxylic acids is 1. The maximum absolute atomic E-state index is 12.8. The average Bonchev–Trinajstić information content (AvgIpc) is 3.05. The molecule has 4 rings (SSSR count). The third kappa shape index (κ3) is 5.28. The normalized spacial score (nSPS) is 16.8. The summed E-state index contributed by atoms with van der Waals surface area (Å²) in [6.07, 6.45) is 2.29. The fourth-order valence-electron chi connectivity index (χ4n) is 3.59. The molecule has 8 nitrogen and oxygen atoms in total. The highest BCUT2D eigenvalue weighted by Crippen LogP contribution is 2.34. The lowest BCUT2D eigenvalue weighted by Gasteiger charge is -2.29. The van der Waals surface area contributed by atoms with Gasteiger partial charge in [0.05, 0.1) is 9.38 Å². The van der Waals surface area contributed by atoms with Crippen LogP contribution in [0.25, 0.3) is 6.08 Å². The minimum absolute atomic E-state index is 0.211. The highest BCUT2D eigenvalue weighted by molar-refractivity contribution is 9.10. The average molecular weight is 531 g/mol. The summed E-state index contributed by atoms with van der Waals surface area (Å²) in [4.78, 5) is 51.6. The maximum Gasteiger partial charge on any atom is 0.341 e. The predicted octanol–water partition coefficient (Wildman–Crippen LogP) is 3.53. The van der Waals surface area contributed by atoms with Crippen LogP contribution in [0.3, 0.4) is 0 Å². The van der Waals surface area contributed by atoms with Crippen molar-refractivity contribution in [1.82, 2.24) is 9.80 Å². The quantitative estimate of drug-likeness (QED) is 0.569. The van der Waals surface area contributed by atoms with Gasteiger partial charge in [0.2, 0.25) is 5.91 Å². The van der Waals surface area contributed by atoms with Crippen LogP contribution in [0, 0.1) is 0 Å². The van der Waals surface area contributed by atoms with E-state index in [2.05, 4.69) is 15.9 Å². The molecule has 1 fully saturated rings. The molecule has 10 heteroatoms. The summed E-state index contributed by atoms with van der Waals surface area (Å²) < 4.78 is 5.67. The summed E-state index contributed by atoms with van der Waals surface area (Å²) in [5.41, 5.74) is 2.91. The van der Waals surface area contributed by atoms with Gasteiger partial charge in [0.1, 0.15) is 12.3 Å². The summed E-state index contributed by atoms with van der Waals surface area (Å²) >= 11 is 4.09. The molecule has 1 saturated heterocycles. The SMILES string of the molecule is O=C(O)COc1ccc(/C=C2\SC(=O)N(CC(=O)N3CCc4ccccc4C3)C2=O)cc1Br. The van der Waals surface area contributed by atoms with Gasteiger partial charge in [-0.05, 0) is 69.0 Å². The number of hydrogen-bond acceptors (Lipinski definition) is 6. The molecular weight excluding hydrogens is 512 g/mol. The summed E-state index contributed by atoms with van der Waals surface area (Å²) in [5, 5.41) is 8.24. The Morgan fingerprint density at radius 3 is 2.64 bits per heavy atom. The Morgan fingerprint density at radius 1 is 1.15 bits per heavy atom. The van der Waals surface area contributed by atoms with Crippen molar-refractivity contribution in [3.63, 3.8) is 0 Å². The molecule has 2 aromatic carbocycles. The topological polar surface area (TPSA) is 104 Å². The molecule has 33 heavy (non-hydrogen) atoms. The predicted molar refractivity (Wildman–Crippen MR) is 126 cm³/mol. The van der Waals surface area contributed by atoms with Crippen molar-refractivity contribution >= 4 is 56.8 Å². The first-order valence-corrected chi connectivity index (χ1v) is 11.7. The van der Waals surface area contributed by atoms with E-state index < -0.39 is 23.7 Å². The summed E-state index contributed by atoms with van der Waals surface area (Å²) in [7, 11) is 0. The van der Waals surface area contributed by atoms with Gasteiger partial charge < -0.3 is 14.7 Å². The van der Waals surface area contributed by atoms with E-state index >= 15 is 0 Å². The number of halogens is 1. The molecule has 3 amide bonds. The van der Waals surface area contributed by atoms with Crippen LogP contribution in [-0.2, 0) is 27.3 Å². The first kappa shape index (κ1) is 23.1. The first-order chi connectivity index (χ1) is 15.8. The van der Waals surface area contributed by atoms with Gasteiger partial charge >= 0.3 is 5.97 Å². The molecule has 0 bridgehead atoms. The molecule has 0 atom stereocenters. The lowest BCUT2D eigenvalue weighted by Crippen LogP contribution is -2.44. The van der Waals surface area contributed by atoms with Gasteiger partial charge in [0.15, 0.2) is 6.61 Å². The Bertz CT molecular complexity index is 1180. The summed E-state index contributed by atoms with van der Waals surface area (Å²) in [5.74, 6) is -1.53. The van der Waals surface area contributed by atoms with E-state index in [4.69, 9.17) is 9.84 Å². The lowest BCUT2D eigenvalue weighted by molar-refractivity contribution is -0.139. The Hall–Kier alpha value is -3.11. The molecule has 2 heterocycles. The lowest BCUT2D eigenvalue weighted by atomic mass is 10.00. The standard InChI is InChI=1S/C23H19BrN2O6S/c24-17-9-14(5-6-18(17)32-13-21(28)29)10-19-22(30)26(23(31)33-19)12-20(27)25-8-7-15-3-1-2-4-16(15)11-25/h1-6,9-10H,7-8,11-13H2,(H,28,29)/b19-10-. The number of nitrogens with zero attached hydrogens (tertiary/aromatic N) is 2. The molecule has 0 saturated carbocycles. The zero-order chi connectivity index (χ0) is 23.5. The monoisotopic (exact) mass is 530 g/mol. The molecule has 2 aliphatic heterocycles. The molecule has 170 valence electrons. The smallest absolute Gasteiger partial charge is 0.341 e. The van der Waals surface area contributed by atoms with Crippen molar-refractivity contribution in [3.05, 3.63) is 68.5 Å². The van der Waals surface area contributed by atoms with Gasteiger partial charge in [0, 0.05) is 13.1 Å². The molecular formula is C23H19BrN2O6S.